The minimum atomic E-state index is 0.149. The Kier molecular flexibility index (Phi) is 9.31. The summed E-state index contributed by atoms with van der Waals surface area (Å²) < 4.78 is 5.93. The second-order valence-electron chi connectivity index (χ2n) is 5.71. The van der Waals surface area contributed by atoms with Gasteiger partial charge in [0.15, 0.2) is 5.78 Å². The van der Waals surface area contributed by atoms with Crippen LogP contribution in [0, 0.1) is 0 Å². The highest BCUT2D eigenvalue weighted by Gasteiger charge is 2.14. The first-order chi connectivity index (χ1) is 9.76. The largest absolute Gasteiger partial charge is 0.378 e. The first-order valence-corrected chi connectivity index (χ1v) is 8.21. The number of ether oxygens (including phenoxy) is 1. The topological polar surface area (TPSA) is 26.3 Å². The van der Waals surface area contributed by atoms with E-state index in [1.54, 1.807) is 0 Å². The molecule has 0 saturated heterocycles. The minimum Gasteiger partial charge on any atom is -0.378 e. The van der Waals surface area contributed by atoms with Gasteiger partial charge in [0.25, 0.3) is 0 Å². The first-order valence-electron chi connectivity index (χ1n) is 8.21. The van der Waals surface area contributed by atoms with Gasteiger partial charge in [0.1, 0.15) is 0 Å². The maximum absolute atomic E-state index is 11.2. The number of rotatable bonds is 11. The van der Waals surface area contributed by atoms with E-state index in [0.717, 1.165) is 32.3 Å². The van der Waals surface area contributed by atoms with Crippen molar-refractivity contribution in [1.29, 1.82) is 0 Å². The molecule has 2 nitrogen and oxygen atoms in total. The second kappa shape index (κ2) is 10.8. The highest BCUT2D eigenvalue weighted by Crippen LogP contribution is 2.24. The van der Waals surface area contributed by atoms with Crippen LogP contribution >= 0.6 is 0 Å². The van der Waals surface area contributed by atoms with Gasteiger partial charge in [-0.25, -0.2) is 0 Å². The van der Waals surface area contributed by atoms with E-state index >= 15 is 0 Å². The molecule has 114 valence electrons. The molecule has 1 atom stereocenters. The van der Waals surface area contributed by atoms with Crippen LogP contribution in [0.15, 0.2) is 24.3 Å². The van der Waals surface area contributed by atoms with Crippen LogP contribution in [0.25, 0.3) is 0 Å². The third-order valence-electron chi connectivity index (χ3n) is 3.98. The molecule has 0 aliphatic heterocycles. The normalized spacial score (nSPS) is 18.6. The van der Waals surface area contributed by atoms with Crippen LogP contribution in [0.3, 0.4) is 0 Å². The monoisotopic (exact) mass is 278 g/mol. The SMILES string of the molecule is C=CC(=O)CCC1=CCC(OCCCCCCC)CC1. The number of hydrogen-bond donors (Lipinski definition) is 0. The Morgan fingerprint density at radius 2 is 2.20 bits per heavy atom. The van der Waals surface area contributed by atoms with E-state index in [9.17, 15) is 4.79 Å². The zero-order valence-electron chi connectivity index (χ0n) is 13.0. The summed E-state index contributed by atoms with van der Waals surface area (Å²) in [6.45, 7) is 6.66. The van der Waals surface area contributed by atoms with Crippen molar-refractivity contribution in [1.82, 2.24) is 0 Å². The summed E-state index contributed by atoms with van der Waals surface area (Å²) in [5.74, 6) is 0.149. The highest BCUT2D eigenvalue weighted by molar-refractivity contribution is 5.89. The molecule has 0 radical (unpaired) electrons. The smallest absolute Gasteiger partial charge is 0.155 e. The van der Waals surface area contributed by atoms with Gasteiger partial charge < -0.3 is 4.74 Å². The lowest BCUT2D eigenvalue weighted by Crippen LogP contribution is -2.17. The van der Waals surface area contributed by atoms with Crippen molar-refractivity contribution < 1.29 is 9.53 Å². The Bertz CT molecular complexity index is 317. The molecule has 1 unspecified atom stereocenters. The quantitative estimate of drug-likeness (QED) is 0.302. The fourth-order valence-corrected chi connectivity index (χ4v) is 2.58. The van der Waals surface area contributed by atoms with Crippen molar-refractivity contribution >= 4 is 5.78 Å². The Hall–Kier alpha value is -0.890. The molecule has 0 aromatic carbocycles. The van der Waals surface area contributed by atoms with E-state index in [2.05, 4.69) is 19.6 Å². The zero-order chi connectivity index (χ0) is 14.6. The summed E-state index contributed by atoms with van der Waals surface area (Å²) in [5.41, 5.74) is 1.42. The van der Waals surface area contributed by atoms with Crippen molar-refractivity contribution in [3.63, 3.8) is 0 Å². The summed E-state index contributed by atoms with van der Waals surface area (Å²) in [7, 11) is 0. The summed E-state index contributed by atoms with van der Waals surface area (Å²) in [4.78, 5) is 11.2. The minimum absolute atomic E-state index is 0.149. The van der Waals surface area contributed by atoms with Crippen LogP contribution in [-0.2, 0) is 9.53 Å². The van der Waals surface area contributed by atoms with Crippen LogP contribution < -0.4 is 0 Å². The lowest BCUT2D eigenvalue weighted by Gasteiger charge is -2.22. The molecule has 0 aromatic rings. The van der Waals surface area contributed by atoms with E-state index in [-0.39, 0.29) is 5.78 Å². The van der Waals surface area contributed by atoms with E-state index in [4.69, 9.17) is 4.74 Å². The van der Waals surface area contributed by atoms with Gasteiger partial charge in [0.05, 0.1) is 6.10 Å². The number of carbonyl (C=O) groups excluding carboxylic acids is 1. The van der Waals surface area contributed by atoms with E-state index < -0.39 is 0 Å². The third-order valence-corrected chi connectivity index (χ3v) is 3.98. The van der Waals surface area contributed by atoms with E-state index in [0.29, 0.717) is 12.5 Å². The zero-order valence-corrected chi connectivity index (χ0v) is 13.0. The molecule has 1 aliphatic rings. The van der Waals surface area contributed by atoms with Crippen LogP contribution in [0.4, 0.5) is 0 Å². The molecule has 0 amide bonds. The van der Waals surface area contributed by atoms with Crippen molar-refractivity contribution in [2.45, 2.75) is 77.2 Å². The van der Waals surface area contributed by atoms with Crippen LogP contribution in [-0.4, -0.2) is 18.5 Å². The summed E-state index contributed by atoms with van der Waals surface area (Å²) in [5, 5.41) is 0. The third kappa shape index (κ3) is 7.64. The van der Waals surface area contributed by atoms with Crippen molar-refractivity contribution in [3.05, 3.63) is 24.3 Å². The van der Waals surface area contributed by atoms with Crippen molar-refractivity contribution in [2.24, 2.45) is 0 Å². The van der Waals surface area contributed by atoms with Crippen molar-refractivity contribution in [3.8, 4) is 0 Å². The summed E-state index contributed by atoms with van der Waals surface area (Å²) >= 11 is 0. The van der Waals surface area contributed by atoms with Gasteiger partial charge in [0, 0.05) is 13.0 Å². The van der Waals surface area contributed by atoms with Crippen LogP contribution in [0.2, 0.25) is 0 Å². The van der Waals surface area contributed by atoms with E-state index in [1.165, 1.54) is 43.8 Å². The molecule has 2 heteroatoms. The van der Waals surface area contributed by atoms with Crippen LogP contribution in [0.1, 0.15) is 71.1 Å². The second-order valence-corrected chi connectivity index (χ2v) is 5.71. The summed E-state index contributed by atoms with van der Waals surface area (Å²) in [6, 6.07) is 0. The van der Waals surface area contributed by atoms with Gasteiger partial charge in [-0.15, -0.1) is 0 Å². The first kappa shape index (κ1) is 17.2. The number of unbranched alkanes of at least 4 members (excludes halogenated alkanes) is 4. The Morgan fingerprint density at radius 1 is 1.40 bits per heavy atom. The molecule has 0 N–H and O–H groups in total. The van der Waals surface area contributed by atoms with Gasteiger partial charge in [0.2, 0.25) is 0 Å². The molecule has 20 heavy (non-hydrogen) atoms. The average Bonchev–Trinajstić information content (AvgIpc) is 2.49. The van der Waals surface area contributed by atoms with Gasteiger partial charge in [-0.1, -0.05) is 50.8 Å². The molecule has 1 aliphatic carbocycles. The molecule has 0 fully saturated rings. The highest BCUT2D eigenvalue weighted by atomic mass is 16.5. The predicted molar refractivity (Wildman–Crippen MR) is 84.9 cm³/mol. The number of allylic oxidation sites excluding steroid dienone is 2. The molecule has 1 rings (SSSR count). The lowest BCUT2D eigenvalue weighted by molar-refractivity contribution is -0.114. The van der Waals surface area contributed by atoms with Crippen molar-refractivity contribution in [2.75, 3.05) is 6.61 Å². The number of hydrogen-bond acceptors (Lipinski definition) is 2. The summed E-state index contributed by atoms with van der Waals surface area (Å²) in [6.07, 6.45) is 15.3. The molecule has 0 heterocycles. The van der Waals surface area contributed by atoms with Gasteiger partial charge >= 0.3 is 0 Å². The predicted octanol–water partition coefficient (Wildman–Crippen LogP) is 4.99. The number of carbonyl (C=O) groups is 1. The number of ketones is 1. The molecular weight excluding hydrogens is 248 g/mol. The fraction of sp³-hybridized carbons (Fsp3) is 0.722. The Labute approximate surface area is 124 Å². The maximum atomic E-state index is 11.2. The molecule has 0 bridgehead atoms. The molecule has 0 aromatic heterocycles. The molecular formula is C18H30O2. The molecule has 0 spiro atoms. The Balaban J connectivity index is 2.07. The van der Waals surface area contributed by atoms with Gasteiger partial charge in [-0.2, -0.15) is 0 Å². The van der Waals surface area contributed by atoms with Gasteiger partial charge in [-0.05, 0) is 38.2 Å². The van der Waals surface area contributed by atoms with E-state index in [1.807, 2.05) is 0 Å². The standard InChI is InChI=1S/C18H30O2/c1-3-5-6-7-8-15-20-18-13-10-16(11-14-18)9-12-17(19)4-2/h4,10,18H,2-3,5-9,11-15H2,1H3. The maximum Gasteiger partial charge on any atom is 0.155 e. The fourth-order valence-electron chi connectivity index (χ4n) is 2.58. The molecule has 0 saturated carbocycles. The lowest BCUT2D eigenvalue weighted by atomic mass is 9.93. The Morgan fingerprint density at radius 3 is 2.85 bits per heavy atom. The van der Waals surface area contributed by atoms with Crippen LogP contribution in [0.5, 0.6) is 0 Å². The van der Waals surface area contributed by atoms with Gasteiger partial charge in [-0.3, -0.25) is 4.79 Å². The average molecular weight is 278 g/mol.